The van der Waals surface area contributed by atoms with Gasteiger partial charge < -0.3 is 9.84 Å². The number of cyclic esters (lactones) is 1. The lowest BCUT2D eigenvalue weighted by atomic mass is 9.76. The summed E-state index contributed by atoms with van der Waals surface area (Å²) in [5.74, 6) is -0.0412. The van der Waals surface area contributed by atoms with Crippen molar-refractivity contribution in [2.45, 2.75) is 19.1 Å². The van der Waals surface area contributed by atoms with Crippen molar-refractivity contribution >= 4 is 5.97 Å². The van der Waals surface area contributed by atoms with Gasteiger partial charge in [0.05, 0.1) is 5.92 Å². The summed E-state index contributed by atoms with van der Waals surface area (Å²) in [5, 5.41) is 9.56. The minimum atomic E-state index is -0.934. The number of hydrogen-bond donors (Lipinski definition) is 1. The van der Waals surface area contributed by atoms with E-state index in [1.165, 1.54) is 5.57 Å². The summed E-state index contributed by atoms with van der Waals surface area (Å²) in [7, 11) is 0. The molecule has 0 spiro atoms. The molecule has 3 nitrogen and oxygen atoms in total. The van der Waals surface area contributed by atoms with Gasteiger partial charge in [0.25, 0.3) is 0 Å². The number of aliphatic hydroxyl groups is 1. The lowest BCUT2D eigenvalue weighted by molar-refractivity contribution is -0.155. The molecule has 1 fully saturated rings. The Balaban J connectivity index is 2.02. The van der Waals surface area contributed by atoms with Gasteiger partial charge in [0.15, 0.2) is 0 Å². The van der Waals surface area contributed by atoms with Gasteiger partial charge >= 0.3 is 5.97 Å². The Morgan fingerprint density at radius 1 is 1.47 bits per heavy atom. The fourth-order valence-electron chi connectivity index (χ4n) is 2.55. The van der Waals surface area contributed by atoms with E-state index in [0.717, 1.165) is 12.8 Å². The molecule has 1 heterocycles. The lowest BCUT2D eigenvalue weighted by Gasteiger charge is -2.27. The third kappa shape index (κ3) is 1.27. The normalized spacial score (nSPS) is 37.7. The van der Waals surface area contributed by atoms with Crippen LogP contribution in [0.3, 0.4) is 0 Å². The van der Waals surface area contributed by atoms with Crippen LogP contribution < -0.4 is 0 Å². The molecule has 0 aromatic carbocycles. The summed E-state index contributed by atoms with van der Waals surface area (Å²) in [6.45, 7) is 0. The summed E-state index contributed by atoms with van der Waals surface area (Å²) in [6.07, 6.45) is 8.94. The van der Waals surface area contributed by atoms with Crippen LogP contribution >= 0.6 is 0 Å². The van der Waals surface area contributed by atoms with Gasteiger partial charge in [-0.25, -0.2) is 4.79 Å². The van der Waals surface area contributed by atoms with Crippen LogP contribution in [-0.2, 0) is 9.53 Å². The van der Waals surface area contributed by atoms with Gasteiger partial charge in [0, 0.05) is 5.57 Å². The molecular formula is C12H12O3. The number of hydrogen-bond acceptors (Lipinski definition) is 3. The molecule has 1 aliphatic heterocycles. The van der Waals surface area contributed by atoms with E-state index >= 15 is 0 Å². The molecule has 78 valence electrons. The molecule has 0 saturated carbocycles. The molecule has 1 saturated heterocycles. The Hall–Kier alpha value is -1.35. The van der Waals surface area contributed by atoms with E-state index < -0.39 is 6.29 Å². The Kier molecular flexibility index (Phi) is 1.83. The Morgan fingerprint density at radius 3 is 3.20 bits per heavy atom. The molecule has 3 aliphatic rings. The number of allylic oxidation sites excluding steroid dienone is 5. The van der Waals surface area contributed by atoms with Crippen molar-refractivity contribution in [1.29, 1.82) is 0 Å². The first-order valence-corrected chi connectivity index (χ1v) is 5.23. The van der Waals surface area contributed by atoms with Crippen molar-refractivity contribution in [2.24, 2.45) is 11.8 Å². The fraction of sp³-hybridized carbons (Fsp3) is 0.417. The molecule has 3 atom stereocenters. The highest BCUT2D eigenvalue weighted by atomic mass is 16.6. The van der Waals surface area contributed by atoms with Gasteiger partial charge in [-0.2, -0.15) is 0 Å². The van der Waals surface area contributed by atoms with E-state index in [9.17, 15) is 9.90 Å². The predicted octanol–water partition coefficient (Wildman–Crippen LogP) is 1.31. The average molecular weight is 204 g/mol. The molecule has 0 aromatic heterocycles. The number of rotatable bonds is 0. The average Bonchev–Trinajstić information content (AvgIpc) is 2.52. The Bertz CT molecular complexity index is 403. The van der Waals surface area contributed by atoms with E-state index in [-0.39, 0.29) is 11.9 Å². The van der Waals surface area contributed by atoms with Gasteiger partial charge in [-0.3, -0.25) is 0 Å². The Labute approximate surface area is 87.7 Å². The number of fused-ring (bicyclic) bond motifs is 2. The molecule has 3 rings (SSSR count). The highest BCUT2D eigenvalue weighted by Gasteiger charge is 2.43. The first-order valence-electron chi connectivity index (χ1n) is 5.23. The number of esters is 1. The topological polar surface area (TPSA) is 46.5 Å². The summed E-state index contributed by atoms with van der Waals surface area (Å²) < 4.78 is 4.81. The summed E-state index contributed by atoms with van der Waals surface area (Å²) in [6, 6.07) is 0. The van der Waals surface area contributed by atoms with Crippen LogP contribution in [-0.4, -0.2) is 17.4 Å². The van der Waals surface area contributed by atoms with E-state index in [4.69, 9.17) is 4.74 Å². The quantitative estimate of drug-likeness (QED) is 0.605. The lowest BCUT2D eigenvalue weighted by Crippen LogP contribution is -2.23. The van der Waals surface area contributed by atoms with Crippen molar-refractivity contribution in [3.8, 4) is 0 Å². The van der Waals surface area contributed by atoms with Crippen LogP contribution in [0.5, 0.6) is 0 Å². The second-order valence-corrected chi connectivity index (χ2v) is 4.27. The molecule has 3 heteroatoms. The highest BCUT2D eigenvalue weighted by Crippen LogP contribution is 2.42. The van der Waals surface area contributed by atoms with E-state index in [1.54, 1.807) is 0 Å². The molecule has 0 radical (unpaired) electrons. The summed E-state index contributed by atoms with van der Waals surface area (Å²) in [4.78, 5) is 11.4. The van der Waals surface area contributed by atoms with Gasteiger partial charge in [0.2, 0.25) is 6.29 Å². The van der Waals surface area contributed by atoms with Crippen LogP contribution in [0, 0.1) is 11.8 Å². The van der Waals surface area contributed by atoms with Crippen LogP contribution in [0.2, 0.25) is 0 Å². The molecule has 0 bridgehead atoms. The van der Waals surface area contributed by atoms with Gasteiger partial charge in [-0.05, 0) is 30.4 Å². The standard InChI is InChI=1S/C12H12O3/c13-11-9-5-7-3-1-2-4-8(7)6-10(9)12(14)15-11/h1-3,5,8,10,12,14H,4,6H2. The number of carbonyl (C=O) groups excluding carboxylic acids is 1. The van der Waals surface area contributed by atoms with Crippen molar-refractivity contribution in [3.63, 3.8) is 0 Å². The highest BCUT2D eigenvalue weighted by molar-refractivity contribution is 5.92. The van der Waals surface area contributed by atoms with Crippen LogP contribution in [0.15, 0.2) is 35.5 Å². The van der Waals surface area contributed by atoms with Crippen molar-refractivity contribution in [2.75, 3.05) is 0 Å². The molecular weight excluding hydrogens is 192 g/mol. The number of carbonyl (C=O) groups is 1. The smallest absolute Gasteiger partial charge is 0.336 e. The van der Waals surface area contributed by atoms with Crippen molar-refractivity contribution < 1.29 is 14.6 Å². The second-order valence-electron chi connectivity index (χ2n) is 4.27. The van der Waals surface area contributed by atoms with E-state index in [0.29, 0.717) is 11.5 Å². The zero-order chi connectivity index (χ0) is 10.4. The minimum Gasteiger partial charge on any atom is -0.432 e. The molecule has 1 N–H and O–H groups in total. The third-order valence-corrected chi connectivity index (χ3v) is 3.38. The Morgan fingerprint density at radius 2 is 2.33 bits per heavy atom. The van der Waals surface area contributed by atoms with Crippen LogP contribution in [0.4, 0.5) is 0 Å². The van der Waals surface area contributed by atoms with Crippen molar-refractivity contribution in [3.05, 3.63) is 35.5 Å². The molecule has 0 amide bonds. The fourth-order valence-corrected chi connectivity index (χ4v) is 2.55. The maximum atomic E-state index is 11.4. The molecule has 0 aromatic rings. The van der Waals surface area contributed by atoms with Gasteiger partial charge in [-0.1, -0.05) is 18.2 Å². The largest absolute Gasteiger partial charge is 0.432 e. The molecule has 3 unspecified atom stereocenters. The first-order chi connectivity index (χ1) is 7.25. The molecule has 2 aliphatic carbocycles. The summed E-state index contributed by atoms with van der Waals surface area (Å²) >= 11 is 0. The van der Waals surface area contributed by atoms with E-state index in [2.05, 4.69) is 6.08 Å². The monoisotopic (exact) mass is 204 g/mol. The first kappa shape index (κ1) is 8.92. The SMILES string of the molecule is O=C1OC(O)C2CC3CC=CC=C3C=C12. The van der Waals surface area contributed by atoms with Gasteiger partial charge in [-0.15, -0.1) is 0 Å². The second kappa shape index (κ2) is 3.07. The predicted molar refractivity (Wildman–Crippen MR) is 53.6 cm³/mol. The zero-order valence-corrected chi connectivity index (χ0v) is 8.22. The van der Waals surface area contributed by atoms with Crippen molar-refractivity contribution in [1.82, 2.24) is 0 Å². The number of aliphatic hydroxyl groups excluding tert-OH is 1. The summed E-state index contributed by atoms with van der Waals surface area (Å²) in [5.41, 5.74) is 1.83. The van der Waals surface area contributed by atoms with E-state index in [1.807, 2.05) is 18.2 Å². The maximum absolute atomic E-state index is 11.4. The van der Waals surface area contributed by atoms with Crippen LogP contribution in [0.25, 0.3) is 0 Å². The minimum absolute atomic E-state index is 0.119. The zero-order valence-electron chi connectivity index (χ0n) is 8.22. The third-order valence-electron chi connectivity index (χ3n) is 3.38. The molecule has 15 heavy (non-hydrogen) atoms. The maximum Gasteiger partial charge on any atom is 0.336 e. The van der Waals surface area contributed by atoms with Gasteiger partial charge in [0.1, 0.15) is 0 Å². The van der Waals surface area contributed by atoms with Crippen LogP contribution in [0.1, 0.15) is 12.8 Å². The number of ether oxygens (including phenoxy) is 1.